The summed E-state index contributed by atoms with van der Waals surface area (Å²) < 4.78 is 16.5. The molecule has 0 radical (unpaired) electrons. The number of methoxy groups -OCH3 is 1. The second-order valence-electron chi connectivity index (χ2n) is 13.4. The van der Waals surface area contributed by atoms with E-state index < -0.39 is 5.97 Å². The van der Waals surface area contributed by atoms with Gasteiger partial charge in [-0.15, -0.1) is 0 Å². The van der Waals surface area contributed by atoms with E-state index in [4.69, 9.17) is 9.47 Å². The Morgan fingerprint density at radius 3 is 2.12 bits per heavy atom. The van der Waals surface area contributed by atoms with Crippen molar-refractivity contribution in [2.75, 3.05) is 13.7 Å². The highest BCUT2D eigenvalue weighted by Crippen LogP contribution is 2.41. The number of hydrogen-bond acceptors (Lipinski definition) is 4. The van der Waals surface area contributed by atoms with Crippen LogP contribution in [0.3, 0.4) is 0 Å². The molecule has 2 N–H and O–H groups in total. The third-order valence-electron chi connectivity index (χ3n) is 10.7. The molecule has 50 heavy (non-hydrogen) atoms. The molecule has 2 heterocycles. The Morgan fingerprint density at radius 1 is 0.720 bits per heavy atom. The molecule has 0 aliphatic heterocycles. The fraction of sp³-hybridized carbons (Fsp3) is 0.279. The first-order valence-corrected chi connectivity index (χ1v) is 17.7. The molecular weight excluding hydrogens is 624 g/mol. The van der Waals surface area contributed by atoms with Gasteiger partial charge in [-0.25, -0.2) is 4.79 Å². The number of aromatic nitrogens is 2. The quantitative estimate of drug-likeness (QED) is 0.150. The molecule has 0 unspecified atom stereocenters. The molecule has 0 saturated heterocycles. The van der Waals surface area contributed by atoms with Crippen LogP contribution in [0.15, 0.2) is 90.5 Å². The second kappa shape index (κ2) is 13.1. The molecule has 0 atom stereocenters. The molecule has 2 aliphatic carbocycles. The summed E-state index contributed by atoms with van der Waals surface area (Å²) in [5.41, 5.74) is 11.2. The first-order chi connectivity index (χ1) is 24.5. The summed E-state index contributed by atoms with van der Waals surface area (Å²) >= 11 is 0. The van der Waals surface area contributed by atoms with Gasteiger partial charge in [0, 0.05) is 45.3 Å². The van der Waals surface area contributed by atoms with Crippen LogP contribution in [0.2, 0.25) is 0 Å². The maximum Gasteiger partial charge on any atom is 0.336 e. The lowest BCUT2D eigenvalue weighted by molar-refractivity contribution is 0.0695. The molecular formula is C43H42N2O5. The summed E-state index contributed by atoms with van der Waals surface area (Å²) in [6, 6.07) is 28.3. The first kappa shape index (κ1) is 31.8. The highest BCUT2D eigenvalue weighted by molar-refractivity contribution is 5.91. The van der Waals surface area contributed by atoms with Crippen LogP contribution in [-0.4, -0.2) is 39.0 Å². The number of aliphatic hydroxyl groups is 1. The maximum absolute atomic E-state index is 12.3. The van der Waals surface area contributed by atoms with Gasteiger partial charge in [0.25, 0.3) is 0 Å². The van der Waals surface area contributed by atoms with Crippen molar-refractivity contribution in [1.82, 2.24) is 9.13 Å². The lowest BCUT2D eigenvalue weighted by Crippen LogP contribution is -2.15. The van der Waals surface area contributed by atoms with E-state index in [0.29, 0.717) is 61.8 Å². The molecule has 2 aromatic heterocycles. The minimum Gasteiger partial charge on any atom is -0.507 e. The van der Waals surface area contributed by atoms with Crippen LogP contribution >= 0.6 is 0 Å². The summed E-state index contributed by atoms with van der Waals surface area (Å²) in [6.45, 7) is 3.38. The van der Waals surface area contributed by atoms with Gasteiger partial charge in [-0.2, -0.15) is 0 Å². The van der Waals surface area contributed by atoms with E-state index in [0.717, 1.165) is 46.1 Å². The van der Waals surface area contributed by atoms with E-state index in [1.54, 1.807) is 19.2 Å². The normalized spacial score (nSPS) is 15.2. The van der Waals surface area contributed by atoms with Gasteiger partial charge in [-0.05, 0) is 104 Å². The average molecular weight is 667 g/mol. The van der Waals surface area contributed by atoms with E-state index in [2.05, 4.69) is 51.6 Å². The summed E-state index contributed by atoms with van der Waals surface area (Å²) in [5.74, 6) is 0.580. The number of ether oxygens (including phenoxy) is 2. The van der Waals surface area contributed by atoms with Crippen LogP contribution < -0.4 is 9.47 Å². The third kappa shape index (κ3) is 5.32. The topological polar surface area (TPSA) is 85.9 Å². The van der Waals surface area contributed by atoms with Gasteiger partial charge < -0.3 is 28.8 Å². The summed E-state index contributed by atoms with van der Waals surface area (Å²) in [4.78, 5) is 12.3. The van der Waals surface area contributed by atoms with Crippen LogP contribution in [0.1, 0.15) is 75.7 Å². The number of para-hydroxylation sites is 2. The summed E-state index contributed by atoms with van der Waals surface area (Å²) in [6.07, 6.45) is 6.55. The van der Waals surface area contributed by atoms with Crippen molar-refractivity contribution in [3.05, 3.63) is 135 Å². The van der Waals surface area contributed by atoms with Crippen LogP contribution in [0, 0.1) is 0 Å². The molecule has 254 valence electrons. The van der Waals surface area contributed by atoms with Crippen molar-refractivity contribution < 1.29 is 24.5 Å². The van der Waals surface area contributed by atoms with Gasteiger partial charge in [-0.3, -0.25) is 0 Å². The van der Waals surface area contributed by atoms with Gasteiger partial charge in [0.15, 0.2) is 0 Å². The SMILES string of the molecule is CCOc1cccc(C(=O)O)c1Cn1c2c(c3ccccc31)C/C(=C(\O)c1c(Cn3c4c(c5ccccc53)CCCC4)cccc1OC)CC2. The monoisotopic (exact) mass is 666 g/mol. The zero-order chi connectivity index (χ0) is 34.4. The number of allylic oxidation sites excluding steroid dienone is 1. The number of carboxylic acid groups (broad SMARTS) is 1. The van der Waals surface area contributed by atoms with Gasteiger partial charge in [0.2, 0.25) is 0 Å². The molecule has 0 amide bonds. The zero-order valence-corrected chi connectivity index (χ0v) is 28.7. The van der Waals surface area contributed by atoms with Crippen molar-refractivity contribution in [2.24, 2.45) is 0 Å². The molecule has 4 aromatic carbocycles. The highest BCUT2D eigenvalue weighted by Gasteiger charge is 2.28. The van der Waals surface area contributed by atoms with Crippen molar-refractivity contribution in [3.63, 3.8) is 0 Å². The van der Waals surface area contributed by atoms with Gasteiger partial charge >= 0.3 is 5.97 Å². The Kier molecular flexibility index (Phi) is 8.35. The lowest BCUT2D eigenvalue weighted by atomic mass is 9.88. The predicted octanol–water partition coefficient (Wildman–Crippen LogP) is 9.13. The number of aryl methyl sites for hydroxylation is 1. The zero-order valence-electron chi connectivity index (χ0n) is 28.7. The molecule has 0 fully saturated rings. The Balaban J connectivity index is 1.22. The van der Waals surface area contributed by atoms with Crippen molar-refractivity contribution in [3.8, 4) is 11.5 Å². The molecule has 8 rings (SSSR count). The van der Waals surface area contributed by atoms with E-state index in [1.807, 2.05) is 37.3 Å². The van der Waals surface area contributed by atoms with Crippen LogP contribution in [0.4, 0.5) is 0 Å². The Hall–Kier alpha value is -5.43. The number of aliphatic hydroxyl groups excluding tert-OH is 1. The Labute approximate surface area is 292 Å². The fourth-order valence-electron chi connectivity index (χ4n) is 8.50. The van der Waals surface area contributed by atoms with Gasteiger partial charge in [0.1, 0.15) is 17.3 Å². The third-order valence-corrected chi connectivity index (χ3v) is 10.7. The van der Waals surface area contributed by atoms with Crippen LogP contribution in [-0.2, 0) is 38.8 Å². The number of hydrogen-bond donors (Lipinski definition) is 2. The van der Waals surface area contributed by atoms with E-state index in [1.165, 1.54) is 40.6 Å². The number of carboxylic acids is 1. The first-order valence-electron chi connectivity index (χ1n) is 17.7. The van der Waals surface area contributed by atoms with E-state index >= 15 is 0 Å². The minimum absolute atomic E-state index is 0.247. The van der Waals surface area contributed by atoms with Gasteiger partial charge in [-0.1, -0.05) is 54.6 Å². The number of aromatic carboxylic acids is 1. The highest BCUT2D eigenvalue weighted by atomic mass is 16.5. The van der Waals surface area contributed by atoms with Crippen molar-refractivity contribution >= 4 is 33.5 Å². The fourth-order valence-corrected chi connectivity index (χ4v) is 8.50. The van der Waals surface area contributed by atoms with E-state index in [9.17, 15) is 15.0 Å². The van der Waals surface area contributed by atoms with Crippen LogP contribution in [0.5, 0.6) is 11.5 Å². The molecule has 0 spiro atoms. The van der Waals surface area contributed by atoms with Crippen molar-refractivity contribution in [2.45, 2.75) is 65.0 Å². The Bertz CT molecular complexity index is 2310. The number of fused-ring (bicyclic) bond motifs is 6. The molecule has 6 aromatic rings. The number of carbonyl (C=O) groups is 1. The number of rotatable bonds is 9. The molecule has 0 saturated carbocycles. The number of nitrogens with zero attached hydrogens (tertiary/aromatic N) is 2. The maximum atomic E-state index is 12.3. The Morgan fingerprint density at radius 2 is 1.38 bits per heavy atom. The standard InChI is InChI=1S/C43H42N2O5/c1-3-50-39-20-11-16-32(43(47)48)34(39)26-45-37-19-9-6-15-31(37)33-24-27(22-23-38(33)45)42(46)41-28(12-10-21-40(41)49-2)25-44-35-17-7-4-13-29(35)30-14-5-8-18-36(30)44/h4,6-7,9-13,15-17,19-21,46H,3,5,8,14,18,22-26H2,1-2H3,(H,47,48)/b42-27-. The average Bonchev–Trinajstić information content (AvgIpc) is 3.63. The summed E-state index contributed by atoms with van der Waals surface area (Å²) in [5, 5.41) is 24.8. The number of benzene rings is 4. The minimum atomic E-state index is -0.969. The smallest absolute Gasteiger partial charge is 0.336 e. The molecule has 7 heteroatoms. The molecule has 7 nitrogen and oxygen atoms in total. The summed E-state index contributed by atoms with van der Waals surface area (Å²) in [7, 11) is 1.67. The van der Waals surface area contributed by atoms with E-state index in [-0.39, 0.29) is 5.56 Å². The molecule has 2 aliphatic rings. The largest absolute Gasteiger partial charge is 0.507 e. The molecule has 0 bridgehead atoms. The second-order valence-corrected chi connectivity index (χ2v) is 13.4. The lowest BCUT2D eigenvalue weighted by Gasteiger charge is -2.23. The van der Waals surface area contributed by atoms with Crippen LogP contribution in [0.25, 0.3) is 27.6 Å². The van der Waals surface area contributed by atoms with Gasteiger partial charge in [0.05, 0.1) is 31.4 Å². The van der Waals surface area contributed by atoms with Crippen molar-refractivity contribution in [1.29, 1.82) is 0 Å². The predicted molar refractivity (Wildman–Crippen MR) is 198 cm³/mol.